The highest BCUT2D eigenvalue weighted by Gasteiger charge is 2.31. The molecule has 1 fully saturated rings. The molecule has 0 bridgehead atoms. The van der Waals surface area contributed by atoms with Gasteiger partial charge < -0.3 is 4.90 Å². The molecule has 3 rings (SSSR count). The van der Waals surface area contributed by atoms with Crippen LogP contribution in [0.25, 0.3) is 0 Å². The van der Waals surface area contributed by atoms with Gasteiger partial charge in [-0.25, -0.2) is 0 Å². The van der Waals surface area contributed by atoms with Gasteiger partial charge in [0.25, 0.3) is 0 Å². The van der Waals surface area contributed by atoms with E-state index in [0.29, 0.717) is 25.6 Å². The summed E-state index contributed by atoms with van der Waals surface area (Å²) in [6.45, 7) is 3.77. The van der Waals surface area contributed by atoms with Crippen molar-refractivity contribution >= 4 is 11.6 Å². The standard InChI is InChI=1S/C23H27N3O/c1-2-19-9-11-20(12-10-19)17-25(21-13-14-21)18-23(27)26(16-6-15-24)22-7-4-3-5-8-22/h3-5,7-12,21H,2,6,13-14,16-18H2,1H3. The first-order chi connectivity index (χ1) is 13.2. The Balaban J connectivity index is 1.70. The lowest BCUT2D eigenvalue weighted by molar-refractivity contribution is -0.120. The minimum atomic E-state index is 0.0635. The number of nitriles is 1. The molecule has 140 valence electrons. The lowest BCUT2D eigenvalue weighted by Crippen LogP contribution is -2.41. The van der Waals surface area contributed by atoms with Crippen LogP contribution in [-0.4, -0.2) is 29.9 Å². The fraction of sp³-hybridized carbons (Fsp3) is 0.391. The second-order valence-electron chi connectivity index (χ2n) is 7.10. The zero-order valence-corrected chi connectivity index (χ0v) is 16.0. The second kappa shape index (κ2) is 9.34. The third-order valence-corrected chi connectivity index (χ3v) is 5.03. The van der Waals surface area contributed by atoms with E-state index in [1.165, 1.54) is 11.1 Å². The van der Waals surface area contributed by atoms with Crippen LogP contribution in [0.3, 0.4) is 0 Å². The van der Waals surface area contributed by atoms with Crippen molar-refractivity contribution in [2.45, 2.75) is 45.2 Å². The normalized spacial score (nSPS) is 13.4. The third-order valence-electron chi connectivity index (χ3n) is 5.03. The van der Waals surface area contributed by atoms with Crippen LogP contribution in [0.2, 0.25) is 0 Å². The van der Waals surface area contributed by atoms with Crippen molar-refractivity contribution in [2.24, 2.45) is 0 Å². The molecule has 4 nitrogen and oxygen atoms in total. The SMILES string of the molecule is CCc1ccc(CN(CC(=O)N(CCC#N)c2ccccc2)C2CC2)cc1. The van der Waals surface area contributed by atoms with Crippen molar-refractivity contribution in [3.63, 3.8) is 0 Å². The first-order valence-electron chi connectivity index (χ1n) is 9.75. The fourth-order valence-electron chi connectivity index (χ4n) is 3.30. The Morgan fingerprint density at radius 2 is 1.74 bits per heavy atom. The van der Waals surface area contributed by atoms with E-state index in [4.69, 9.17) is 5.26 Å². The second-order valence-corrected chi connectivity index (χ2v) is 7.10. The van der Waals surface area contributed by atoms with E-state index < -0.39 is 0 Å². The molecule has 1 aliphatic rings. The van der Waals surface area contributed by atoms with E-state index in [1.54, 1.807) is 4.90 Å². The smallest absolute Gasteiger partial charge is 0.241 e. The van der Waals surface area contributed by atoms with Gasteiger partial charge in [0.1, 0.15) is 0 Å². The summed E-state index contributed by atoms with van der Waals surface area (Å²) in [7, 11) is 0. The zero-order valence-electron chi connectivity index (χ0n) is 16.0. The van der Waals surface area contributed by atoms with E-state index >= 15 is 0 Å². The molecule has 1 amide bonds. The molecule has 27 heavy (non-hydrogen) atoms. The molecule has 0 aromatic heterocycles. The van der Waals surface area contributed by atoms with Gasteiger partial charge in [0.05, 0.1) is 19.0 Å². The maximum atomic E-state index is 13.1. The number of aryl methyl sites for hydroxylation is 1. The average molecular weight is 361 g/mol. The predicted octanol–water partition coefficient (Wildman–Crippen LogP) is 4.16. The summed E-state index contributed by atoms with van der Waals surface area (Å²) < 4.78 is 0. The molecular formula is C23H27N3O. The van der Waals surface area contributed by atoms with E-state index in [-0.39, 0.29) is 5.91 Å². The molecule has 4 heteroatoms. The van der Waals surface area contributed by atoms with Crippen LogP contribution in [0, 0.1) is 11.3 Å². The van der Waals surface area contributed by atoms with E-state index in [2.05, 4.69) is 42.2 Å². The van der Waals surface area contributed by atoms with Crippen LogP contribution in [0.15, 0.2) is 54.6 Å². The molecule has 0 spiro atoms. The Bertz CT molecular complexity index is 776. The molecule has 0 N–H and O–H groups in total. The van der Waals surface area contributed by atoms with Crippen molar-refractivity contribution in [1.82, 2.24) is 4.90 Å². The van der Waals surface area contributed by atoms with Crippen molar-refractivity contribution < 1.29 is 4.79 Å². The van der Waals surface area contributed by atoms with Gasteiger partial charge in [-0.1, -0.05) is 49.4 Å². The predicted molar refractivity (Wildman–Crippen MR) is 108 cm³/mol. The number of carbonyl (C=O) groups is 1. The van der Waals surface area contributed by atoms with Crippen molar-refractivity contribution in [3.05, 3.63) is 65.7 Å². The first kappa shape index (κ1) is 19.1. The molecule has 0 saturated heterocycles. The largest absolute Gasteiger partial charge is 0.310 e. The number of benzene rings is 2. The Hall–Kier alpha value is -2.64. The summed E-state index contributed by atoms with van der Waals surface area (Å²) in [5, 5.41) is 8.96. The van der Waals surface area contributed by atoms with Crippen LogP contribution in [0.4, 0.5) is 5.69 Å². The molecule has 0 heterocycles. The summed E-state index contributed by atoms with van der Waals surface area (Å²) in [5.41, 5.74) is 3.44. The molecule has 1 aliphatic carbocycles. The Labute approximate surface area is 162 Å². The van der Waals surface area contributed by atoms with Crippen LogP contribution in [0.5, 0.6) is 0 Å². The third kappa shape index (κ3) is 5.42. The number of nitrogens with zero attached hydrogens (tertiary/aromatic N) is 3. The number of amides is 1. The van der Waals surface area contributed by atoms with Crippen LogP contribution in [-0.2, 0) is 17.8 Å². The number of rotatable bonds is 9. The average Bonchev–Trinajstić information content (AvgIpc) is 3.54. The fourth-order valence-corrected chi connectivity index (χ4v) is 3.30. The lowest BCUT2D eigenvalue weighted by Gasteiger charge is -2.27. The van der Waals surface area contributed by atoms with Crippen LogP contribution >= 0.6 is 0 Å². The maximum absolute atomic E-state index is 13.1. The van der Waals surface area contributed by atoms with Crippen LogP contribution < -0.4 is 4.90 Å². The minimum absolute atomic E-state index is 0.0635. The number of hydrogen-bond donors (Lipinski definition) is 0. The minimum Gasteiger partial charge on any atom is -0.310 e. The van der Waals surface area contributed by atoms with Crippen molar-refractivity contribution in [3.8, 4) is 6.07 Å². The zero-order chi connectivity index (χ0) is 19.1. The summed E-state index contributed by atoms with van der Waals surface area (Å²) in [6, 6.07) is 21.0. The van der Waals surface area contributed by atoms with Gasteiger partial charge in [-0.3, -0.25) is 9.69 Å². The van der Waals surface area contributed by atoms with Crippen LogP contribution in [0.1, 0.15) is 37.3 Å². The highest BCUT2D eigenvalue weighted by atomic mass is 16.2. The van der Waals surface area contributed by atoms with Crippen molar-refractivity contribution in [1.29, 1.82) is 5.26 Å². The number of carbonyl (C=O) groups excluding carboxylic acids is 1. The maximum Gasteiger partial charge on any atom is 0.241 e. The number of hydrogen-bond acceptors (Lipinski definition) is 3. The molecule has 1 saturated carbocycles. The molecule has 0 aliphatic heterocycles. The quantitative estimate of drug-likeness (QED) is 0.674. The number of para-hydroxylation sites is 1. The number of anilines is 1. The van der Waals surface area contributed by atoms with Gasteiger partial charge in [0.2, 0.25) is 5.91 Å². The molecular weight excluding hydrogens is 334 g/mol. The summed E-state index contributed by atoms with van der Waals surface area (Å²) >= 11 is 0. The highest BCUT2D eigenvalue weighted by Crippen LogP contribution is 2.28. The van der Waals surface area contributed by atoms with E-state index in [1.807, 2.05) is 30.3 Å². The van der Waals surface area contributed by atoms with E-state index in [0.717, 1.165) is 31.5 Å². The van der Waals surface area contributed by atoms with Gasteiger partial charge in [0, 0.05) is 24.8 Å². The van der Waals surface area contributed by atoms with E-state index in [9.17, 15) is 4.79 Å². The highest BCUT2D eigenvalue weighted by molar-refractivity contribution is 5.94. The van der Waals surface area contributed by atoms with Crippen molar-refractivity contribution in [2.75, 3.05) is 18.0 Å². The molecule has 2 aromatic rings. The van der Waals surface area contributed by atoms with Gasteiger partial charge in [0.15, 0.2) is 0 Å². The monoisotopic (exact) mass is 361 g/mol. The topological polar surface area (TPSA) is 47.3 Å². The Morgan fingerprint density at radius 1 is 1.07 bits per heavy atom. The summed E-state index contributed by atoms with van der Waals surface area (Å²) in [5.74, 6) is 0.0635. The molecule has 0 radical (unpaired) electrons. The molecule has 2 aromatic carbocycles. The Morgan fingerprint density at radius 3 is 2.33 bits per heavy atom. The summed E-state index contributed by atoms with van der Waals surface area (Å²) in [4.78, 5) is 17.1. The first-order valence-corrected chi connectivity index (χ1v) is 9.75. The van der Waals surface area contributed by atoms with Gasteiger partial charge >= 0.3 is 0 Å². The summed E-state index contributed by atoms with van der Waals surface area (Å²) in [6.07, 6.45) is 3.69. The molecule has 0 unspecified atom stereocenters. The van der Waals surface area contributed by atoms with Gasteiger partial charge in [-0.05, 0) is 42.5 Å². The Kier molecular flexibility index (Phi) is 6.62. The molecule has 0 atom stereocenters. The van der Waals surface area contributed by atoms with Gasteiger partial charge in [-0.15, -0.1) is 0 Å². The lowest BCUT2D eigenvalue weighted by atomic mass is 10.1. The van der Waals surface area contributed by atoms with Gasteiger partial charge in [-0.2, -0.15) is 5.26 Å².